The van der Waals surface area contributed by atoms with Crippen LogP contribution in [0.25, 0.3) is 5.69 Å². The molecule has 2 aromatic carbocycles. The van der Waals surface area contributed by atoms with Crippen molar-refractivity contribution in [3.63, 3.8) is 0 Å². The third-order valence-electron chi connectivity index (χ3n) is 4.63. The van der Waals surface area contributed by atoms with E-state index in [4.69, 9.17) is 9.47 Å². The van der Waals surface area contributed by atoms with Crippen LogP contribution in [0.15, 0.2) is 73.2 Å². The summed E-state index contributed by atoms with van der Waals surface area (Å²) < 4.78 is 12.8. The van der Waals surface area contributed by atoms with Crippen molar-refractivity contribution >= 4 is 23.1 Å². The van der Waals surface area contributed by atoms with E-state index in [0.717, 1.165) is 39.9 Å². The topological polar surface area (TPSA) is 73.2 Å². The minimum Gasteiger partial charge on any atom is -0.454 e. The standard InChI is InChI=1S/C22H19N5O2/c1-15-13-23-22(25-16-4-7-18(8-5-16)27-10-2-3-11-27)26-21(15)24-17-6-9-19-20(12-17)29-14-28-19/h2-13H,14H2,1H3,(H2,23,24,25,26). The number of hydrogen-bond donors (Lipinski definition) is 2. The minimum absolute atomic E-state index is 0.252. The van der Waals surface area contributed by atoms with Crippen molar-refractivity contribution in [2.75, 3.05) is 17.4 Å². The molecule has 0 unspecified atom stereocenters. The van der Waals surface area contributed by atoms with E-state index >= 15 is 0 Å². The fourth-order valence-electron chi connectivity index (χ4n) is 3.09. The molecule has 1 aliphatic heterocycles. The molecular weight excluding hydrogens is 366 g/mol. The Balaban J connectivity index is 1.34. The van der Waals surface area contributed by atoms with E-state index in [9.17, 15) is 0 Å². The van der Waals surface area contributed by atoms with Gasteiger partial charge in [-0.05, 0) is 55.5 Å². The van der Waals surface area contributed by atoms with Gasteiger partial charge in [-0.2, -0.15) is 4.98 Å². The van der Waals surface area contributed by atoms with Gasteiger partial charge in [0.05, 0.1) is 0 Å². The van der Waals surface area contributed by atoms with E-state index in [1.165, 1.54) is 0 Å². The van der Waals surface area contributed by atoms with E-state index in [-0.39, 0.29) is 6.79 Å². The molecule has 0 radical (unpaired) electrons. The highest BCUT2D eigenvalue weighted by molar-refractivity contribution is 5.65. The van der Waals surface area contributed by atoms with Gasteiger partial charge in [-0.25, -0.2) is 4.98 Å². The molecule has 0 saturated carbocycles. The summed E-state index contributed by atoms with van der Waals surface area (Å²) in [6, 6.07) is 17.8. The maximum atomic E-state index is 5.44. The molecule has 2 N–H and O–H groups in total. The normalized spacial score (nSPS) is 12.0. The number of benzene rings is 2. The lowest BCUT2D eigenvalue weighted by atomic mass is 10.2. The zero-order valence-electron chi connectivity index (χ0n) is 15.8. The Hall–Kier alpha value is -4.00. The Kier molecular flexibility index (Phi) is 4.25. The van der Waals surface area contributed by atoms with Gasteiger partial charge in [-0.15, -0.1) is 0 Å². The van der Waals surface area contributed by atoms with E-state index < -0.39 is 0 Å². The van der Waals surface area contributed by atoms with Crippen molar-refractivity contribution in [2.24, 2.45) is 0 Å². The van der Waals surface area contributed by atoms with Crippen molar-refractivity contribution < 1.29 is 9.47 Å². The van der Waals surface area contributed by atoms with Gasteiger partial charge in [-0.1, -0.05) is 0 Å². The van der Waals surface area contributed by atoms with Crippen LogP contribution in [-0.2, 0) is 0 Å². The fourth-order valence-corrected chi connectivity index (χ4v) is 3.09. The number of ether oxygens (including phenoxy) is 2. The zero-order chi connectivity index (χ0) is 19.6. The Bertz CT molecular complexity index is 1140. The van der Waals surface area contributed by atoms with Gasteiger partial charge in [0.25, 0.3) is 0 Å². The smallest absolute Gasteiger partial charge is 0.231 e. The number of nitrogens with zero attached hydrogens (tertiary/aromatic N) is 3. The highest BCUT2D eigenvalue weighted by Gasteiger charge is 2.14. The average molecular weight is 385 g/mol. The van der Waals surface area contributed by atoms with Crippen LogP contribution in [-0.4, -0.2) is 21.3 Å². The van der Waals surface area contributed by atoms with Crippen LogP contribution in [0, 0.1) is 6.92 Å². The SMILES string of the molecule is Cc1cnc(Nc2ccc(-n3cccc3)cc2)nc1Nc1ccc2c(c1)OCO2. The zero-order valence-corrected chi connectivity index (χ0v) is 15.8. The van der Waals surface area contributed by atoms with Gasteiger partial charge in [-0.3, -0.25) is 0 Å². The van der Waals surface area contributed by atoms with Crippen LogP contribution in [0.5, 0.6) is 11.5 Å². The number of aryl methyl sites for hydroxylation is 1. The number of hydrogen-bond acceptors (Lipinski definition) is 6. The number of nitrogens with one attached hydrogen (secondary N) is 2. The van der Waals surface area contributed by atoms with Crippen molar-refractivity contribution in [3.05, 3.63) is 78.8 Å². The second-order valence-corrected chi connectivity index (χ2v) is 6.68. The molecule has 144 valence electrons. The molecule has 4 aromatic rings. The lowest BCUT2D eigenvalue weighted by Gasteiger charge is -2.12. The fraction of sp³-hybridized carbons (Fsp3) is 0.0909. The first kappa shape index (κ1) is 17.1. The lowest BCUT2D eigenvalue weighted by molar-refractivity contribution is 0.174. The highest BCUT2D eigenvalue weighted by Crippen LogP contribution is 2.35. The van der Waals surface area contributed by atoms with Crippen molar-refractivity contribution in [1.29, 1.82) is 0 Å². The molecule has 3 heterocycles. The predicted molar refractivity (Wildman–Crippen MR) is 112 cm³/mol. The molecule has 0 saturated heterocycles. The van der Waals surface area contributed by atoms with Gasteiger partial charge in [0.15, 0.2) is 11.5 Å². The molecule has 0 atom stereocenters. The Labute approximate surface area is 168 Å². The van der Waals surface area contributed by atoms with Crippen molar-refractivity contribution in [3.8, 4) is 17.2 Å². The van der Waals surface area contributed by atoms with Crippen LogP contribution >= 0.6 is 0 Å². The van der Waals surface area contributed by atoms with Gasteiger partial charge >= 0.3 is 0 Å². The molecular formula is C22H19N5O2. The first-order valence-corrected chi connectivity index (χ1v) is 9.25. The maximum absolute atomic E-state index is 5.44. The van der Waals surface area contributed by atoms with Gasteiger partial charge in [0.2, 0.25) is 12.7 Å². The van der Waals surface area contributed by atoms with Crippen LogP contribution in [0.4, 0.5) is 23.1 Å². The van der Waals surface area contributed by atoms with Crippen LogP contribution in [0.1, 0.15) is 5.56 Å². The molecule has 0 fully saturated rings. The molecule has 0 bridgehead atoms. The predicted octanol–water partition coefficient (Wildman–Crippen LogP) is 4.79. The number of fused-ring (bicyclic) bond motifs is 1. The second-order valence-electron chi connectivity index (χ2n) is 6.68. The summed E-state index contributed by atoms with van der Waals surface area (Å²) >= 11 is 0. The molecule has 7 heteroatoms. The van der Waals surface area contributed by atoms with Crippen molar-refractivity contribution in [2.45, 2.75) is 6.92 Å². The molecule has 5 rings (SSSR count). The number of anilines is 4. The van der Waals surface area contributed by atoms with E-state index in [0.29, 0.717) is 5.95 Å². The molecule has 0 aliphatic carbocycles. The summed E-state index contributed by atoms with van der Waals surface area (Å²) in [6.45, 7) is 2.22. The molecule has 0 amide bonds. The Morgan fingerprint density at radius 1 is 0.897 bits per heavy atom. The van der Waals surface area contributed by atoms with Crippen LogP contribution in [0.2, 0.25) is 0 Å². The third kappa shape index (κ3) is 3.58. The molecule has 1 aliphatic rings. The largest absolute Gasteiger partial charge is 0.454 e. The van der Waals surface area contributed by atoms with Gasteiger partial charge in [0, 0.05) is 47.3 Å². The molecule has 0 spiro atoms. The average Bonchev–Trinajstić information content (AvgIpc) is 3.43. The first-order valence-electron chi connectivity index (χ1n) is 9.25. The first-order chi connectivity index (χ1) is 14.2. The highest BCUT2D eigenvalue weighted by atomic mass is 16.7. The Morgan fingerprint density at radius 3 is 2.48 bits per heavy atom. The number of rotatable bonds is 5. The second kappa shape index (κ2) is 7.20. The maximum Gasteiger partial charge on any atom is 0.231 e. The number of aromatic nitrogens is 3. The summed E-state index contributed by atoms with van der Waals surface area (Å²) in [4.78, 5) is 9.01. The summed E-state index contributed by atoms with van der Waals surface area (Å²) in [5.74, 6) is 2.72. The van der Waals surface area contributed by atoms with Crippen molar-refractivity contribution in [1.82, 2.24) is 14.5 Å². The van der Waals surface area contributed by atoms with Gasteiger partial charge < -0.3 is 24.7 Å². The summed E-state index contributed by atoms with van der Waals surface area (Å²) in [5.41, 5.74) is 3.82. The Morgan fingerprint density at radius 2 is 1.66 bits per heavy atom. The summed E-state index contributed by atoms with van der Waals surface area (Å²) in [7, 11) is 0. The van der Waals surface area contributed by atoms with Gasteiger partial charge in [0.1, 0.15) is 5.82 Å². The minimum atomic E-state index is 0.252. The van der Waals surface area contributed by atoms with Crippen LogP contribution < -0.4 is 20.1 Å². The quantitative estimate of drug-likeness (QED) is 0.514. The summed E-state index contributed by atoms with van der Waals surface area (Å²) in [5, 5.41) is 6.58. The monoisotopic (exact) mass is 385 g/mol. The lowest BCUT2D eigenvalue weighted by Crippen LogP contribution is -2.03. The van der Waals surface area contributed by atoms with Crippen LogP contribution in [0.3, 0.4) is 0 Å². The molecule has 2 aromatic heterocycles. The molecule has 29 heavy (non-hydrogen) atoms. The van der Waals surface area contributed by atoms with E-state index in [1.807, 2.05) is 73.9 Å². The van der Waals surface area contributed by atoms with E-state index in [2.05, 4.69) is 25.2 Å². The third-order valence-corrected chi connectivity index (χ3v) is 4.63. The summed E-state index contributed by atoms with van der Waals surface area (Å²) in [6.07, 6.45) is 5.82. The molecule has 7 nitrogen and oxygen atoms in total. The van der Waals surface area contributed by atoms with E-state index in [1.54, 1.807) is 6.20 Å².